The fourth-order valence-corrected chi connectivity index (χ4v) is 2.17. The summed E-state index contributed by atoms with van der Waals surface area (Å²) in [6.07, 6.45) is -0.681. The molecular weight excluding hydrogens is 378 g/mol. The van der Waals surface area contributed by atoms with Crippen LogP contribution < -0.4 is 21.5 Å². The normalized spacial score (nSPS) is 10.7. The number of carbonyl (C=O) groups excluding carboxylic acids is 3. The van der Waals surface area contributed by atoms with Gasteiger partial charge in [-0.2, -0.15) is 5.10 Å². The van der Waals surface area contributed by atoms with Crippen LogP contribution in [0.4, 0.5) is 10.5 Å². The van der Waals surface area contributed by atoms with E-state index in [0.717, 1.165) is 5.56 Å². The van der Waals surface area contributed by atoms with E-state index in [0.29, 0.717) is 5.69 Å². The minimum absolute atomic E-state index is 0.0854. The molecule has 4 N–H and O–H groups in total. The minimum atomic E-state index is -0.681. The Morgan fingerprint density at radius 2 is 1.86 bits per heavy atom. The summed E-state index contributed by atoms with van der Waals surface area (Å²) in [7, 11) is 0. The third-order valence-electron chi connectivity index (χ3n) is 3.37. The Balaban J connectivity index is 1.84. The number of rotatable bonds is 6. The molecule has 1 heterocycles. The molecule has 0 aliphatic carbocycles. The minimum Gasteiger partial charge on any atom is -0.444 e. The van der Waals surface area contributed by atoms with Crippen molar-refractivity contribution in [2.24, 2.45) is 0 Å². The standard InChI is InChI=1S/C19H23N5O5/c1-19(2,3)29-18(28)21-11-16(26)22-13-6-4-5-12(9-13)10-20-17(27)14-7-8-15(25)24-23-14/h4-9H,10-11H2,1-3H3,(H,20,27)(H,21,28)(H,22,26)(H,24,25). The van der Waals surface area contributed by atoms with Crippen LogP contribution in [0, 0.1) is 0 Å². The van der Waals surface area contributed by atoms with Gasteiger partial charge >= 0.3 is 6.09 Å². The lowest BCUT2D eigenvalue weighted by atomic mass is 10.2. The second kappa shape index (κ2) is 9.49. The number of nitrogens with zero attached hydrogens (tertiary/aromatic N) is 1. The maximum atomic E-state index is 12.0. The van der Waals surface area contributed by atoms with Crippen molar-refractivity contribution >= 4 is 23.6 Å². The van der Waals surface area contributed by atoms with Crippen molar-refractivity contribution < 1.29 is 19.1 Å². The van der Waals surface area contributed by atoms with E-state index in [9.17, 15) is 19.2 Å². The van der Waals surface area contributed by atoms with E-state index in [1.54, 1.807) is 45.0 Å². The summed E-state index contributed by atoms with van der Waals surface area (Å²) in [6, 6.07) is 9.39. The highest BCUT2D eigenvalue weighted by molar-refractivity contribution is 5.94. The van der Waals surface area contributed by atoms with E-state index in [1.165, 1.54) is 12.1 Å². The second-order valence-electron chi connectivity index (χ2n) is 7.09. The average molecular weight is 401 g/mol. The van der Waals surface area contributed by atoms with Crippen LogP contribution >= 0.6 is 0 Å². The zero-order chi connectivity index (χ0) is 21.4. The van der Waals surface area contributed by atoms with Gasteiger partial charge in [0.15, 0.2) is 0 Å². The van der Waals surface area contributed by atoms with Crippen molar-refractivity contribution in [2.75, 3.05) is 11.9 Å². The average Bonchev–Trinajstić information content (AvgIpc) is 2.64. The van der Waals surface area contributed by atoms with E-state index in [-0.39, 0.29) is 18.8 Å². The number of benzene rings is 1. The van der Waals surface area contributed by atoms with Gasteiger partial charge < -0.3 is 20.7 Å². The Hall–Kier alpha value is -3.69. The van der Waals surface area contributed by atoms with Gasteiger partial charge in [-0.25, -0.2) is 9.89 Å². The molecule has 0 atom stereocenters. The van der Waals surface area contributed by atoms with Crippen molar-refractivity contribution in [2.45, 2.75) is 32.9 Å². The molecule has 0 saturated carbocycles. The van der Waals surface area contributed by atoms with Gasteiger partial charge in [0.05, 0.1) is 0 Å². The van der Waals surface area contributed by atoms with Crippen LogP contribution in [0.3, 0.4) is 0 Å². The number of ether oxygens (including phenoxy) is 1. The molecule has 0 saturated heterocycles. The Bertz CT molecular complexity index is 928. The highest BCUT2D eigenvalue weighted by Crippen LogP contribution is 2.11. The lowest BCUT2D eigenvalue weighted by Gasteiger charge is -2.19. The maximum absolute atomic E-state index is 12.0. The molecule has 0 bridgehead atoms. The summed E-state index contributed by atoms with van der Waals surface area (Å²) < 4.78 is 5.06. The van der Waals surface area contributed by atoms with Gasteiger partial charge in [0, 0.05) is 18.3 Å². The summed E-state index contributed by atoms with van der Waals surface area (Å²) in [5, 5.41) is 13.5. The third-order valence-corrected chi connectivity index (χ3v) is 3.37. The van der Waals surface area contributed by atoms with Gasteiger partial charge in [-0.3, -0.25) is 14.4 Å². The predicted molar refractivity (Wildman–Crippen MR) is 105 cm³/mol. The zero-order valence-corrected chi connectivity index (χ0v) is 16.4. The molecule has 1 aromatic carbocycles. The van der Waals surface area contributed by atoms with Gasteiger partial charge in [-0.05, 0) is 44.5 Å². The number of carbonyl (C=O) groups is 3. The van der Waals surface area contributed by atoms with Gasteiger partial charge in [0.2, 0.25) is 5.91 Å². The molecule has 0 fully saturated rings. The number of nitrogens with one attached hydrogen (secondary N) is 4. The predicted octanol–water partition coefficient (Wildman–Crippen LogP) is 1.16. The molecule has 10 heteroatoms. The number of hydrogen-bond acceptors (Lipinski definition) is 6. The Morgan fingerprint density at radius 3 is 2.52 bits per heavy atom. The largest absolute Gasteiger partial charge is 0.444 e. The second-order valence-corrected chi connectivity index (χ2v) is 7.09. The number of anilines is 1. The molecule has 0 spiro atoms. The quantitative estimate of drug-likeness (QED) is 0.572. The third kappa shape index (κ3) is 7.83. The molecule has 0 radical (unpaired) electrons. The van der Waals surface area contributed by atoms with Crippen LogP contribution in [0.2, 0.25) is 0 Å². The van der Waals surface area contributed by atoms with Gasteiger partial charge in [-0.1, -0.05) is 12.1 Å². The molecular formula is C19H23N5O5. The lowest BCUT2D eigenvalue weighted by molar-refractivity contribution is -0.115. The Labute approximate surface area is 167 Å². The molecule has 0 unspecified atom stereocenters. The fraction of sp³-hybridized carbons (Fsp3) is 0.316. The Kier molecular flexibility index (Phi) is 7.07. The fourth-order valence-electron chi connectivity index (χ4n) is 2.17. The van der Waals surface area contributed by atoms with Crippen molar-refractivity contribution in [1.82, 2.24) is 20.8 Å². The van der Waals surface area contributed by atoms with Crippen molar-refractivity contribution in [3.63, 3.8) is 0 Å². The molecule has 154 valence electrons. The number of aromatic nitrogens is 2. The SMILES string of the molecule is CC(C)(C)OC(=O)NCC(=O)Nc1cccc(CNC(=O)c2ccc(=O)[nH]n2)c1. The summed E-state index contributed by atoms with van der Waals surface area (Å²) in [4.78, 5) is 46.6. The molecule has 3 amide bonds. The Morgan fingerprint density at radius 1 is 1.10 bits per heavy atom. The van der Waals surface area contributed by atoms with Crippen LogP contribution in [0.15, 0.2) is 41.2 Å². The molecule has 29 heavy (non-hydrogen) atoms. The highest BCUT2D eigenvalue weighted by atomic mass is 16.6. The first kappa shape index (κ1) is 21.6. The topological polar surface area (TPSA) is 142 Å². The molecule has 0 aliphatic heterocycles. The van der Waals surface area contributed by atoms with E-state index in [1.807, 2.05) is 0 Å². The van der Waals surface area contributed by atoms with E-state index < -0.39 is 29.1 Å². The lowest BCUT2D eigenvalue weighted by Crippen LogP contribution is -2.37. The van der Waals surface area contributed by atoms with E-state index >= 15 is 0 Å². The van der Waals surface area contributed by atoms with E-state index in [4.69, 9.17) is 4.74 Å². The number of alkyl carbamates (subject to hydrolysis) is 1. The molecule has 2 rings (SSSR count). The first-order valence-corrected chi connectivity index (χ1v) is 8.82. The summed E-state index contributed by atoms with van der Waals surface area (Å²) in [5.41, 5.74) is 0.285. The maximum Gasteiger partial charge on any atom is 0.408 e. The van der Waals surface area contributed by atoms with Crippen molar-refractivity contribution in [3.05, 3.63) is 58.0 Å². The smallest absolute Gasteiger partial charge is 0.408 e. The molecule has 10 nitrogen and oxygen atoms in total. The van der Waals surface area contributed by atoms with E-state index in [2.05, 4.69) is 26.1 Å². The summed E-state index contributed by atoms with van der Waals surface area (Å²) >= 11 is 0. The summed E-state index contributed by atoms with van der Waals surface area (Å²) in [5.74, 6) is -0.869. The van der Waals surface area contributed by atoms with Crippen molar-refractivity contribution in [1.29, 1.82) is 0 Å². The molecule has 2 aromatic rings. The zero-order valence-electron chi connectivity index (χ0n) is 16.4. The monoisotopic (exact) mass is 401 g/mol. The first-order chi connectivity index (χ1) is 13.6. The van der Waals surface area contributed by atoms with Crippen LogP contribution in [0.5, 0.6) is 0 Å². The molecule has 1 aromatic heterocycles. The summed E-state index contributed by atoms with van der Waals surface area (Å²) in [6.45, 7) is 5.13. The van der Waals surface area contributed by atoms with Crippen LogP contribution in [-0.2, 0) is 16.1 Å². The van der Waals surface area contributed by atoms with Crippen LogP contribution in [0.25, 0.3) is 0 Å². The van der Waals surface area contributed by atoms with Gasteiger partial charge in [0.1, 0.15) is 17.8 Å². The van der Waals surface area contributed by atoms with Crippen LogP contribution in [0.1, 0.15) is 36.8 Å². The molecule has 0 aliphatic rings. The number of amides is 3. The van der Waals surface area contributed by atoms with Crippen LogP contribution in [-0.4, -0.2) is 40.3 Å². The van der Waals surface area contributed by atoms with Gasteiger partial charge in [-0.15, -0.1) is 0 Å². The highest BCUT2D eigenvalue weighted by Gasteiger charge is 2.16. The van der Waals surface area contributed by atoms with Gasteiger partial charge in [0.25, 0.3) is 11.5 Å². The number of H-pyrrole nitrogens is 1. The van der Waals surface area contributed by atoms with Crippen molar-refractivity contribution in [3.8, 4) is 0 Å². The number of aromatic amines is 1. The number of hydrogen-bond donors (Lipinski definition) is 4. The first-order valence-electron chi connectivity index (χ1n) is 8.82.